The molecule has 0 spiro atoms. The number of benzene rings is 2. The standard InChI is InChI=1S/C14H10N2O3S/c17-16(18)10-6-7-12-13(8-10)19-14(15-12)9-20-11-4-2-1-3-5-11/h1-8H,9H2. The number of nitro groups is 1. The number of oxazole rings is 1. The van der Waals surface area contributed by atoms with Gasteiger partial charge in [0, 0.05) is 11.0 Å². The van der Waals surface area contributed by atoms with Gasteiger partial charge in [0.1, 0.15) is 5.52 Å². The van der Waals surface area contributed by atoms with E-state index in [4.69, 9.17) is 4.42 Å². The summed E-state index contributed by atoms with van der Waals surface area (Å²) in [5, 5.41) is 10.7. The lowest BCUT2D eigenvalue weighted by molar-refractivity contribution is -0.384. The quantitative estimate of drug-likeness (QED) is 0.411. The fourth-order valence-electron chi connectivity index (χ4n) is 1.80. The first-order valence-corrected chi connectivity index (χ1v) is 6.92. The first-order valence-electron chi connectivity index (χ1n) is 5.94. The zero-order valence-electron chi connectivity index (χ0n) is 10.4. The van der Waals surface area contributed by atoms with Crippen LogP contribution in [-0.4, -0.2) is 9.91 Å². The van der Waals surface area contributed by atoms with Gasteiger partial charge in [-0.15, -0.1) is 11.8 Å². The van der Waals surface area contributed by atoms with E-state index >= 15 is 0 Å². The Hall–Kier alpha value is -2.34. The Morgan fingerprint density at radius 2 is 2.00 bits per heavy atom. The predicted molar refractivity (Wildman–Crippen MR) is 76.7 cm³/mol. The van der Waals surface area contributed by atoms with Crippen molar-refractivity contribution in [1.29, 1.82) is 0 Å². The van der Waals surface area contributed by atoms with Gasteiger partial charge < -0.3 is 4.42 Å². The summed E-state index contributed by atoms with van der Waals surface area (Å²) in [6.45, 7) is 0. The molecule has 0 radical (unpaired) electrons. The molecule has 20 heavy (non-hydrogen) atoms. The van der Waals surface area contributed by atoms with Crippen LogP contribution in [-0.2, 0) is 5.75 Å². The molecule has 0 amide bonds. The average Bonchev–Trinajstić information content (AvgIpc) is 2.88. The predicted octanol–water partition coefficient (Wildman–Crippen LogP) is 4.03. The van der Waals surface area contributed by atoms with Crippen molar-refractivity contribution in [3.05, 3.63) is 64.5 Å². The molecule has 3 aromatic rings. The van der Waals surface area contributed by atoms with Crippen molar-refractivity contribution in [2.24, 2.45) is 0 Å². The zero-order chi connectivity index (χ0) is 13.9. The smallest absolute Gasteiger partial charge is 0.273 e. The molecule has 6 heteroatoms. The Labute approximate surface area is 118 Å². The van der Waals surface area contributed by atoms with Crippen molar-refractivity contribution < 1.29 is 9.34 Å². The molecular formula is C14H10N2O3S. The van der Waals surface area contributed by atoms with Crippen molar-refractivity contribution in [1.82, 2.24) is 4.98 Å². The highest BCUT2D eigenvalue weighted by Crippen LogP contribution is 2.26. The van der Waals surface area contributed by atoms with E-state index in [1.165, 1.54) is 12.1 Å². The van der Waals surface area contributed by atoms with Gasteiger partial charge in [0.25, 0.3) is 5.69 Å². The number of non-ortho nitro benzene ring substituents is 1. The van der Waals surface area contributed by atoms with E-state index in [0.717, 1.165) is 4.90 Å². The normalized spacial score (nSPS) is 10.8. The molecule has 0 saturated carbocycles. The molecule has 0 aliphatic carbocycles. The maximum Gasteiger partial charge on any atom is 0.273 e. The second-order valence-electron chi connectivity index (χ2n) is 4.12. The lowest BCUT2D eigenvalue weighted by Crippen LogP contribution is -1.86. The van der Waals surface area contributed by atoms with Crippen molar-refractivity contribution in [3.8, 4) is 0 Å². The zero-order valence-corrected chi connectivity index (χ0v) is 11.2. The number of fused-ring (bicyclic) bond motifs is 1. The van der Waals surface area contributed by atoms with E-state index in [2.05, 4.69) is 4.98 Å². The Morgan fingerprint density at radius 1 is 1.20 bits per heavy atom. The van der Waals surface area contributed by atoms with Gasteiger partial charge in [-0.1, -0.05) is 18.2 Å². The Kier molecular flexibility index (Phi) is 3.39. The SMILES string of the molecule is O=[N+]([O-])c1ccc2nc(CSc3ccccc3)oc2c1. The van der Waals surface area contributed by atoms with Crippen molar-refractivity contribution >= 4 is 28.5 Å². The van der Waals surface area contributed by atoms with E-state index in [9.17, 15) is 10.1 Å². The first kappa shape index (κ1) is 12.7. The third kappa shape index (κ3) is 2.65. The molecule has 2 aromatic carbocycles. The van der Waals surface area contributed by atoms with E-state index in [-0.39, 0.29) is 5.69 Å². The summed E-state index contributed by atoms with van der Waals surface area (Å²) in [5.41, 5.74) is 1.10. The van der Waals surface area contributed by atoms with E-state index < -0.39 is 4.92 Å². The van der Waals surface area contributed by atoms with Crippen molar-refractivity contribution in [2.45, 2.75) is 10.6 Å². The molecule has 5 nitrogen and oxygen atoms in total. The largest absolute Gasteiger partial charge is 0.440 e. The maximum atomic E-state index is 10.7. The van der Waals surface area contributed by atoms with Gasteiger partial charge in [0.2, 0.25) is 5.89 Å². The van der Waals surface area contributed by atoms with Crippen LogP contribution in [0.2, 0.25) is 0 Å². The van der Waals surface area contributed by atoms with Crippen LogP contribution < -0.4 is 0 Å². The van der Waals surface area contributed by atoms with Gasteiger partial charge in [0.05, 0.1) is 16.7 Å². The molecule has 0 N–H and O–H groups in total. The van der Waals surface area contributed by atoms with E-state index in [0.29, 0.717) is 22.7 Å². The molecular weight excluding hydrogens is 276 g/mol. The highest BCUT2D eigenvalue weighted by Gasteiger charge is 2.11. The Morgan fingerprint density at radius 3 is 2.75 bits per heavy atom. The summed E-state index contributed by atoms with van der Waals surface area (Å²) in [6, 6.07) is 14.4. The number of aromatic nitrogens is 1. The maximum absolute atomic E-state index is 10.7. The Balaban J connectivity index is 1.80. The monoisotopic (exact) mass is 286 g/mol. The van der Waals surface area contributed by atoms with Gasteiger partial charge in [-0.2, -0.15) is 0 Å². The van der Waals surface area contributed by atoms with Crippen molar-refractivity contribution in [2.75, 3.05) is 0 Å². The summed E-state index contributed by atoms with van der Waals surface area (Å²) in [5.74, 6) is 1.15. The minimum Gasteiger partial charge on any atom is -0.440 e. The number of hydrogen-bond acceptors (Lipinski definition) is 5. The second-order valence-corrected chi connectivity index (χ2v) is 5.17. The third-order valence-corrected chi connectivity index (χ3v) is 3.73. The van der Waals surface area contributed by atoms with Crippen LogP contribution >= 0.6 is 11.8 Å². The fourth-order valence-corrected chi connectivity index (χ4v) is 2.56. The lowest BCUT2D eigenvalue weighted by Gasteiger charge is -1.96. The molecule has 0 aliphatic rings. The molecule has 1 aromatic heterocycles. The van der Waals surface area contributed by atoms with Gasteiger partial charge in [-0.25, -0.2) is 4.98 Å². The molecule has 0 atom stereocenters. The van der Waals surface area contributed by atoms with Gasteiger partial charge in [0.15, 0.2) is 5.58 Å². The molecule has 1 heterocycles. The van der Waals surface area contributed by atoms with Crippen molar-refractivity contribution in [3.63, 3.8) is 0 Å². The molecule has 0 saturated heterocycles. The van der Waals surface area contributed by atoms with E-state index in [1.54, 1.807) is 17.8 Å². The fraction of sp³-hybridized carbons (Fsp3) is 0.0714. The minimum atomic E-state index is -0.444. The molecule has 0 unspecified atom stereocenters. The minimum absolute atomic E-state index is 0.0101. The number of rotatable bonds is 4. The number of nitrogens with zero attached hydrogens (tertiary/aromatic N) is 2. The third-order valence-electron chi connectivity index (χ3n) is 2.73. The second kappa shape index (κ2) is 5.34. The topological polar surface area (TPSA) is 69.2 Å². The van der Waals surface area contributed by atoms with Gasteiger partial charge in [-0.05, 0) is 18.2 Å². The summed E-state index contributed by atoms with van der Waals surface area (Å²) in [6.07, 6.45) is 0. The van der Waals surface area contributed by atoms with Crippen LogP contribution in [0.3, 0.4) is 0 Å². The van der Waals surface area contributed by atoms with Crippen LogP contribution in [0.15, 0.2) is 57.8 Å². The first-order chi connectivity index (χ1) is 9.72. The van der Waals surface area contributed by atoms with Crippen LogP contribution in [0.4, 0.5) is 5.69 Å². The van der Waals surface area contributed by atoms with Crippen LogP contribution in [0.1, 0.15) is 5.89 Å². The van der Waals surface area contributed by atoms with Gasteiger partial charge in [-0.3, -0.25) is 10.1 Å². The van der Waals surface area contributed by atoms with Crippen LogP contribution in [0.25, 0.3) is 11.1 Å². The summed E-state index contributed by atoms with van der Waals surface area (Å²) >= 11 is 1.61. The van der Waals surface area contributed by atoms with Crippen LogP contribution in [0.5, 0.6) is 0 Å². The van der Waals surface area contributed by atoms with Crippen LogP contribution in [0, 0.1) is 10.1 Å². The van der Waals surface area contributed by atoms with Gasteiger partial charge >= 0.3 is 0 Å². The van der Waals surface area contributed by atoms with E-state index in [1.807, 2.05) is 30.3 Å². The molecule has 100 valence electrons. The highest BCUT2D eigenvalue weighted by molar-refractivity contribution is 7.98. The summed E-state index contributed by atoms with van der Waals surface area (Å²) in [4.78, 5) is 15.7. The Bertz CT molecular complexity index is 755. The highest BCUT2D eigenvalue weighted by atomic mass is 32.2. The molecule has 0 aliphatic heterocycles. The molecule has 0 fully saturated rings. The molecule has 3 rings (SSSR count). The number of nitro benzene ring substituents is 1. The summed E-state index contributed by atoms with van der Waals surface area (Å²) in [7, 11) is 0. The lowest BCUT2D eigenvalue weighted by atomic mass is 10.3. The average molecular weight is 286 g/mol. The number of hydrogen-bond donors (Lipinski definition) is 0. The number of thioether (sulfide) groups is 1. The summed E-state index contributed by atoms with van der Waals surface area (Å²) < 4.78 is 5.54. The molecule has 0 bridgehead atoms.